The predicted octanol–water partition coefficient (Wildman–Crippen LogP) is 1.85. The van der Waals surface area contributed by atoms with Gasteiger partial charge in [0.2, 0.25) is 5.91 Å². The number of hydrogen-bond donors (Lipinski definition) is 2. The molecule has 0 saturated heterocycles. The molecule has 1 aromatic rings. The number of carbonyl (C=O) groups excluding carboxylic acids is 1. The highest BCUT2D eigenvalue weighted by atomic mass is 16.4. The van der Waals surface area contributed by atoms with E-state index in [0.29, 0.717) is 6.42 Å². The van der Waals surface area contributed by atoms with Crippen molar-refractivity contribution in [2.45, 2.75) is 25.7 Å². The first-order valence-electron chi connectivity index (χ1n) is 6.71. The molecule has 19 heavy (non-hydrogen) atoms. The number of hydrogen-bond acceptors (Lipinski definition) is 2. The highest BCUT2D eigenvalue weighted by molar-refractivity contribution is 5.80. The smallest absolute Gasteiger partial charge is 0.308 e. The number of aliphatic carboxylic acids is 1. The van der Waals surface area contributed by atoms with E-state index in [4.69, 9.17) is 0 Å². The summed E-state index contributed by atoms with van der Waals surface area (Å²) in [7, 11) is 0. The Morgan fingerprint density at radius 2 is 1.95 bits per heavy atom. The van der Waals surface area contributed by atoms with E-state index in [2.05, 4.69) is 5.32 Å². The minimum absolute atomic E-state index is 0.00515. The zero-order chi connectivity index (χ0) is 13.7. The summed E-state index contributed by atoms with van der Waals surface area (Å²) >= 11 is 0. The second kappa shape index (κ2) is 6.36. The number of nitrogens with one attached hydrogen (secondary N) is 1. The van der Waals surface area contributed by atoms with Crippen LogP contribution in [0.2, 0.25) is 0 Å². The summed E-state index contributed by atoms with van der Waals surface area (Å²) in [6.45, 7) is 0.208. The maximum Gasteiger partial charge on any atom is 0.308 e. The highest BCUT2D eigenvalue weighted by Crippen LogP contribution is 2.26. The van der Waals surface area contributed by atoms with Crippen LogP contribution in [0.3, 0.4) is 0 Å². The molecule has 1 aromatic carbocycles. The Labute approximate surface area is 112 Å². The van der Waals surface area contributed by atoms with Crippen LogP contribution in [-0.2, 0) is 16.0 Å². The minimum atomic E-state index is -0.863. The summed E-state index contributed by atoms with van der Waals surface area (Å²) in [4.78, 5) is 22.9. The van der Waals surface area contributed by atoms with Crippen molar-refractivity contribution in [3.8, 4) is 0 Å². The highest BCUT2D eigenvalue weighted by Gasteiger charge is 2.26. The molecule has 0 aromatic heterocycles. The quantitative estimate of drug-likeness (QED) is 0.821. The van der Waals surface area contributed by atoms with Crippen molar-refractivity contribution >= 4 is 11.9 Å². The second-order valence-corrected chi connectivity index (χ2v) is 5.10. The predicted molar refractivity (Wildman–Crippen MR) is 71.6 cm³/mol. The van der Waals surface area contributed by atoms with Gasteiger partial charge in [0.1, 0.15) is 0 Å². The lowest BCUT2D eigenvalue weighted by molar-refractivity contribution is -0.141. The van der Waals surface area contributed by atoms with Crippen molar-refractivity contribution in [1.82, 2.24) is 5.32 Å². The molecule has 0 heterocycles. The van der Waals surface area contributed by atoms with Crippen molar-refractivity contribution in [3.05, 3.63) is 35.9 Å². The molecule has 1 unspecified atom stereocenters. The van der Waals surface area contributed by atoms with Gasteiger partial charge in [0, 0.05) is 12.5 Å². The summed E-state index contributed by atoms with van der Waals surface area (Å²) in [5.41, 5.74) is 0.979. The number of amides is 1. The zero-order valence-corrected chi connectivity index (χ0v) is 10.8. The molecule has 1 amide bonds. The van der Waals surface area contributed by atoms with E-state index in [1.165, 1.54) is 0 Å². The summed E-state index contributed by atoms with van der Waals surface area (Å²) in [6, 6.07) is 9.49. The Balaban J connectivity index is 1.85. The van der Waals surface area contributed by atoms with Crippen LogP contribution >= 0.6 is 0 Å². The largest absolute Gasteiger partial charge is 0.481 e. The third-order valence-corrected chi connectivity index (χ3v) is 3.67. The molecule has 0 aliphatic heterocycles. The van der Waals surface area contributed by atoms with Crippen LogP contribution in [0.15, 0.2) is 30.3 Å². The molecule has 1 saturated carbocycles. The van der Waals surface area contributed by atoms with E-state index in [1.54, 1.807) is 0 Å². The van der Waals surface area contributed by atoms with E-state index < -0.39 is 11.9 Å². The van der Waals surface area contributed by atoms with E-state index in [-0.39, 0.29) is 18.4 Å². The maximum absolute atomic E-state index is 11.7. The van der Waals surface area contributed by atoms with Gasteiger partial charge in [-0.1, -0.05) is 36.8 Å². The Kier molecular flexibility index (Phi) is 4.55. The molecule has 1 fully saturated rings. The average Bonchev–Trinajstić information content (AvgIpc) is 2.33. The monoisotopic (exact) mass is 261 g/mol. The van der Waals surface area contributed by atoms with Gasteiger partial charge in [-0.05, 0) is 24.8 Å². The standard InChI is InChI=1S/C15H19NO3/c17-14(12-7-4-8-12)16-10-13(15(18)19)9-11-5-2-1-3-6-11/h1-3,5-6,12-13H,4,7-10H2,(H,16,17)(H,18,19). The minimum Gasteiger partial charge on any atom is -0.481 e. The fourth-order valence-electron chi connectivity index (χ4n) is 2.18. The topological polar surface area (TPSA) is 66.4 Å². The van der Waals surface area contributed by atoms with Crippen LogP contribution in [0, 0.1) is 11.8 Å². The fraction of sp³-hybridized carbons (Fsp3) is 0.467. The second-order valence-electron chi connectivity index (χ2n) is 5.10. The molecule has 4 nitrogen and oxygen atoms in total. The normalized spacial score (nSPS) is 16.4. The molecule has 0 bridgehead atoms. The molecule has 2 N–H and O–H groups in total. The van der Waals surface area contributed by atoms with Gasteiger partial charge in [-0.25, -0.2) is 0 Å². The van der Waals surface area contributed by atoms with Crippen molar-refractivity contribution in [2.24, 2.45) is 11.8 Å². The molecule has 0 radical (unpaired) electrons. The van der Waals surface area contributed by atoms with E-state index >= 15 is 0 Å². The van der Waals surface area contributed by atoms with E-state index in [0.717, 1.165) is 24.8 Å². The summed E-state index contributed by atoms with van der Waals surface area (Å²) in [5.74, 6) is -1.32. The van der Waals surface area contributed by atoms with Crippen LogP contribution in [0.5, 0.6) is 0 Å². The van der Waals surface area contributed by atoms with Gasteiger partial charge in [-0.2, -0.15) is 0 Å². The van der Waals surface area contributed by atoms with Gasteiger partial charge < -0.3 is 10.4 Å². The van der Waals surface area contributed by atoms with Gasteiger partial charge in [-0.3, -0.25) is 9.59 Å². The van der Waals surface area contributed by atoms with Crippen molar-refractivity contribution < 1.29 is 14.7 Å². The molecule has 102 valence electrons. The summed E-state index contributed by atoms with van der Waals surface area (Å²) in [6.07, 6.45) is 3.41. The lowest BCUT2D eigenvalue weighted by atomic mass is 9.84. The van der Waals surface area contributed by atoms with E-state index in [1.807, 2.05) is 30.3 Å². The van der Waals surface area contributed by atoms with Crippen LogP contribution in [0.1, 0.15) is 24.8 Å². The molecule has 1 aliphatic carbocycles. The van der Waals surface area contributed by atoms with Gasteiger partial charge in [0.25, 0.3) is 0 Å². The number of rotatable bonds is 6. The Morgan fingerprint density at radius 1 is 1.26 bits per heavy atom. The Morgan fingerprint density at radius 3 is 2.47 bits per heavy atom. The van der Waals surface area contributed by atoms with Crippen molar-refractivity contribution in [1.29, 1.82) is 0 Å². The first kappa shape index (κ1) is 13.6. The molecular formula is C15H19NO3. The van der Waals surface area contributed by atoms with Gasteiger partial charge in [0.15, 0.2) is 0 Å². The van der Waals surface area contributed by atoms with Gasteiger partial charge >= 0.3 is 5.97 Å². The third-order valence-electron chi connectivity index (χ3n) is 3.67. The molecule has 1 atom stereocenters. The first-order valence-corrected chi connectivity index (χ1v) is 6.71. The van der Waals surface area contributed by atoms with E-state index in [9.17, 15) is 14.7 Å². The Bertz CT molecular complexity index is 440. The van der Waals surface area contributed by atoms with Crippen LogP contribution < -0.4 is 5.32 Å². The van der Waals surface area contributed by atoms with Crippen molar-refractivity contribution in [3.63, 3.8) is 0 Å². The lowest BCUT2D eigenvalue weighted by Crippen LogP contribution is -2.39. The number of carbonyl (C=O) groups is 2. The van der Waals surface area contributed by atoms with Crippen LogP contribution in [0.4, 0.5) is 0 Å². The fourth-order valence-corrected chi connectivity index (χ4v) is 2.18. The molecule has 4 heteroatoms. The van der Waals surface area contributed by atoms with Gasteiger partial charge in [-0.15, -0.1) is 0 Å². The zero-order valence-electron chi connectivity index (χ0n) is 10.8. The molecule has 2 rings (SSSR count). The number of carboxylic acid groups (broad SMARTS) is 1. The molecule has 1 aliphatic rings. The molecular weight excluding hydrogens is 242 g/mol. The molecule has 0 spiro atoms. The number of carboxylic acids is 1. The lowest BCUT2D eigenvalue weighted by Gasteiger charge is -2.25. The third kappa shape index (κ3) is 3.81. The average molecular weight is 261 g/mol. The summed E-state index contributed by atoms with van der Waals surface area (Å²) < 4.78 is 0. The van der Waals surface area contributed by atoms with Crippen LogP contribution in [0.25, 0.3) is 0 Å². The summed E-state index contributed by atoms with van der Waals surface area (Å²) in [5, 5.41) is 12.0. The number of benzene rings is 1. The SMILES string of the molecule is O=C(O)C(CNC(=O)C1CCC1)Cc1ccccc1. The van der Waals surface area contributed by atoms with Crippen LogP contribution in [-0.4, -0.2) is 23.5 Å². The Hall–Kier alpha value is -1.84. The van der Waals surface area contributed by atoms with Crippen molar-refractivity contribution in [2.75, 3.05) is 6.54 Å². The first-order chi connectivity index (χ1) is 9.16. The van der Waals surface area contributed by atoms with Gasteiger partial charge in [0.05, 0.1) is 5.92 Å². The maximum atomic E-state index is 11.7.